The summed E-state index contributed by atoms with van der Waals surface area (Å²) in [6, 6.07) is 2.67. The quantitative estimate of drug-likeness (QED) is 0.857. The molecule has 10 heteroatoms. The number of aromatic nitrogens is 1. The maximum Gasteiger partial charge on any atom is 0.310 e. The van der Waals surface area contributed by atoms with Crippen LogP contribution in [0.3, 0.4) is 0 Å². The van der Waals surface area contributed by atoms with Crippen LogP contribution in [0.5, 0.6) is 0 Å². The highest BCUT2D eigenvalue weighted by Gasteiger charge is 2.56. The van der Waals surface area contributed by atoms with E-state index in [0.717, 1.165) is 19.4 Å². The van der Waals surface area contributed by atoms with Gasteiger partial charge in [0.15, 0.2) is 24.2 Å². The van der Waals surface area contributed by atoms with Crippen molar-refractivity contribution in [2.45, 2.75) is 38.3 Å². The summed E-state index contributed by atoms with van der Waals surface area (Å²) in [7, 11) is 0. The topological polar surface area (TPSA) is 94.0 Å². The Morgan fingerprint density at radius 1 is 1.36 bits per heavy atom. The maximum absolute atomic E-state index is 14.6. The van der Waals surface area contributed by atoms with Crippen LogP contribution in [-0.4, -0.2) is 35.5 Å². The molecule has 0 radical (unpaired) electrons. The molecular weight excluding hydrogens is 377 g/mol. The summed E-state index contributed by atoms with van der Waals surface area (Å²) >= 11 is 0. The van der Waals surface area contributed by atoms with Gasteiger partial charge >= 0.3 is 5.92 Å². The zero-order chi connectivity index (χ0) is 20.7. The smallest absolute Gasteiger partial charge is 0.310 e. The minimum atomic E-state index is -3.52. The number of carbonyl (C=O) groups is 1. The van der Waals surface area contributed by atoms with E-state index in [1.165, 1.54) is 23.3 Å². The highest BCUT2D eigenvalue weighted by Crippen LogP contribution is 2.45. The van der Waals surface area contributed by atoms with Crippen LogP contribution in [0, 0.1) is 5.82 Å². The number of alkyl halides is 2. The van der Waals surface area contributed by atoms with Crippen LogP contribution in [0.4, 0.5) is 18.9 Å². The molecule has 0 aliphatic carbocycles. The molecular formula is C18H19F3N4O3. The fourth-order valence-corrected chi connectivity index (χ4v) is 3.02. The molecule has 0 spiro atoms. The molecule has 0 saturated carbocycles. The van der Waals surface area contributed by atoms with Crippen LogP contribution in [0.2, 0.25) is 0 Å². The number of benzene rings is 1. The van der Waals surface area contributed by atoms with Crippen LogP contribution in [0.1, 0.15) is 36.8 Å². The average Bonchev–Trinajstić information content (AvgIpc) is 3.14. The largest absolute Gasteiger partial charge is 0.459 e. The lowest BCUT2D eigenvalue weighted by Gasteiger charge is -2.38. The van der Waals surface area contributed by atoms with Crippen molar-refractivity contribution < 1.29 is 27.1 Å². The predicted octanol–water partition coefficient (Wildman–Crippen LogP) is 3.06. The third-order valence-electron chi connectivity index (χ3n) is 4.59. The minimum Gasteiger partial charge on any atom is -0.459 e. The van der Waals surface area contributed by atoms with Crippen LogP contribution >= 0.6 is 0 Å². The van der Waals surface area contributed by atoms with Crippen molar-refractivity contribution in [3.05, 3.63) is 47.9 Å². The number of ether oxygens (including phenoxy) is 1. The highest BCUT2D eigenvalue weighted by atomic mass is 19.3. The van der Waals surface area contributed by atoms with E-state index < -0.39 is 41.4 Å². The van der Waals surface area contributed by atoms with E-state index in [4.69, 9.17) is 10.2 Å². The maximum atomic E-state index is 14.6. The third-order valence-corrected chi connectivity index (χ3v) is 4.59. The molecule has 0 unspecified atom stereocenters. The SMILES string of the molecule is CC(C)N(C(=O)c1cocn1)c1ccc(F)c([C@@]2(C)N=C(N)OCC2(F)F)c1. The first-order valence-corrected chi connectivity index (χ1v) is 8.44. The molecule has 0 fully saturated rings. The zero-order valence-corrected chi connectivity index (χ0v) is 15.4. The lowest BCUT2D eigenvalue weighted by Crippen LogP contribution is -2.51. The molecule has 0 bridgehead atoms. The first-order valence-electron chi connectivity index (χ1n) is 8.44. The molecule has 3 rings (SSSR count). The first kappa shape index (κ1) is 19.7. The van der Waals surface area contributed by atoms with Gasteiger partial charge in [-0.3, -0.25) is 4.79 Å². The lowest BCUT2D eigenvalue weighted by atomic mass is 9.85. The van der Waals surface area contributed by atoms with Crippen molar-refractivity contribution in [2.75, 3.05) is 11.5 Å². The summed E-state index contributed by atoms with van der Waals surface area (Å²) in [6.45, 7) is 3.49. The molecule has 2 heterocycles. The Balaban J connectivity index is 2.13. The van der Waals surface area contributed by atoms with Gasteiger partial charge in [-0.15, -0.1) is 0 Å². The second kappa shape index (κ2) is 6.84. The molecule has 1 aromatic carbocycles. The first-order chi connectivity index (χ1) is 13.1. The number of nitrogens with zero attached hydrogens (tertiary/aromatic N) is 3. The van der Waals surface area contributed by atoms with Gasteiger partial charge in [0.1, 0.15) is 12.1 Å². The monoisotopic (exact) mass is 396 g/mol. The fourth-order valence-electron chi connectivity index (χ4n) is 3.02. The number of hydrogen-bond donors (Lipinski definition) is 1. The predicted molar refractivity (Wildman–Crippen MR) is 94.7 cm³/mol. The van der Waals surface area contributed by atoms with Crippen molar-refractivity contribution >= 4 is 17.6 Å². The van der Waals surface area contributed by atoms with Gasteiger partial charge in [0.05, 0.1) is 0 Å². The standard InChI is InChI=1S/C18H19F3N4O3/c1-10(2)25(15(26)14-7-27-9-23-14)11-4-5-13(19)12(6-11)17(3)18(20,21)8-28-16(22)24-17/h4-7,9-10H,8H2,1-3H3,(H2,22,24)/t17-/m1/s1. The van der Waals surface area contributed by atoms with Gasteiger partial charge in [-0.2, -0.15) is 8.78 Å². The zero-order valence-electron chi connectivity index (χ0n) is 15.4. The van der Waals surface area contributed by atoms with Crippen LogP contribution in [0.15, 0.2) is 40.3 Å². The molecule has 2 N–H and O–H groups in total. The number of rotatable bonds is 4. The number of amides is 1. The van der Waals surface area contributed by atoms with Crippen molar-refractivity contribution in [1.82, 2.24) is 4.98 Å². The number of oxazole rings is 1. The van der Waals surface area contributed by atoms with Gasteiger partial charge in [-0.05, 0) is 39.0 Å². The minimum absolute atomic E-state index is 0.0319. The number of aliphatic imine (C=N–C) groups is 1. The summed E-state index contributed by atoms with van der Waals surface area (Å²) in [5.41, 5.74) is 3.00. The molecule has 1 aliphatic heterocycles. The Bertz CT molecular complexity index is 915. The van der Waals surface area contributed by atoms with Gasteiger partial charge in [-0.25, -0.2) is 14.4 Å². The number of halogens is 3. The summed E-state index contributed by atoms with van der Waals surface area (Å²) in [4.78, 5) is 21.6. The number of nitrogens with two attached hydrogens (primary N) is 1. The molecule has 0 saturated heterocycles. The van der Waals surface area contributed by atoms with Crippen molar-refractivity contribution in [2.24, 2.45) is 10.7 Å². The van der Waals surface area contributed by atoms with E-state index >= 15 is 0 Å². The van der Waals surface area contributed by atoms with Gasteiger partial charge in [0.25, 0.3) is 11.9 Å². The number of carbonyl (C=O) groups excluding carboxylic acids is 1. The lowest BCUT2D eigenvalue weighted by molar-refractivity contribution is -0.117. The van der Waals surface area contributed by atoms with Crippen LogP contribution < -0.4 is 10.6 Å². The average molecular weight is 396 g/mol. The van der Waals surface area contributed by atoms with E-state index in [-0.39, 0.29) is 17.4 Å². The Morgan fingerprint density at radius 2 is 2.07 bits per heavy atom. The summed E-state index contributed by atoms with van der Waals surface area (Å²) in [6.07, 6.45) is 2.27. The number of anilines is 1. The third kappa shape index (κ3) is 3.19. The van der Waals surface area contributed by atoms with E-state index in [0.29, 0.717) is 0 Å². The molecule has 1 aromatic heterocycles. The van der Waals surface area contributed by atoms with Crippen LogP contribution in [-0.2, 0) is 10.3 Å². The van der Waals surface area contributed by atoms with Gasteiger partial charge in [-0.1, -0.05) is 0 Å². The Morgan fingerprint density at radius 3 is 2.68 bits per heavy atom. The molecule has 1 aliphatic rings. The summed E-state index contributed by atoms with van der Waals surface area (Å²) < 4.78 is 53.3. The van der Waals surface area contributed by atoms with E-state index in [2.05, 4.69) is 14.7 Å². The van der Waals surface area contributed by atoms with Gasteiger partial charge < -0.3 is 19.8 Å². The van der Waals surface area contributed by atoms with E-state index in [1.54, 1.807) is 13.8 Å². The molecule has 1 atom stereocenters. The van der Waals surface area contributed by atoms with E-state index in [9.17, 15) is 18.0 Å². The van der Waals surface area contributed by atoms with Gasteiger partial charge in [0.2, 0.25) is 0 Å². The molecule has 150 valence electrons. The molecule has 28 heavy (non-hydrogen) atoms. The van der Waals surface area contributed by atoms with Crippen molar-refractivity contribution in [3.63, 3.8) is 0 Å². The normalized spacial score (nSPS) is 21.2. The van der Waals surface area contributed by atoms with Crippen LogP contribution in [0.25, 0.3) is 0 Å². The summed E-state index contributed by atoms with van der Waals surface area (Å²) in [5, 5.41) is 0. The van der Waals surface area contributed by atoms with E-state index in [1.807, 2.05) is 0 Å². The van der Waals surface area contributed by atoms with Crippen molar-refractivity contribution in [1.29, 1.82) is 0 Å². The van der Waals surface area contributed by atoms with Gasteiger partial charge in [0, 0.05) is 17.3 Å². The molecule has 7 nitrogen and oxygen atoms in total. The second-order valence-corrected chi connectivity index (χ2v) is 6.82. The summed E-state index contributed by atoms with van der Waals surface area (Å²) in [5.74, 6) is -4.94. The van der Waals surface area contributed by atoms with Crippen molar-refractivity contribution in [3.8, 4) is 0 Å². The molecule has 1 amide bonds. The number of hydrogen-bond acceptors (Lipinski definition) is 6. The Kier molecular flexibility index (Phi) is 4.82. The Hall–Kier alpha value is -3.04. The fraction of sp³-hybridized carbons (Fsp3) is 0.389. The highest BCUT2D eigenvalue weighted by molar-refractivity contribution is 6.05. The molecule has 2 aromatic rings. The Labute approximate surface area is 159 Å². The number of amidine groups is 1. The second-order valence-electron chi connectivity index (χ2n) is 6.82.